The van der Waals surface area contributed by atoms with Gasteiger partial charge >= 0.3 is 0 Å². The molecule has 1 rings (SSSR count). The SMILES string of the molecule is CNC(=O)Cc1ccc(C=CCCl)cc1. The van der Waals surface area contributed by atoms with Crippen molar-refractivity contribution < 1.29 is 4.79 Å². The molecular formula is C12H14ClNO. The van der Waals surface area contributed by atoms with Gasteiger partial charge in [-0.1, -0.05) is 36.4 Å². The van der Waals surface area contributed by atoms with Crippen LogP contribution in [0.3, 0.4) is 0 Å². The fraction of sp³-hybridized carbons (Fsp3) is 0.250. The van der Waals surface area contributed by atoms with Gasteiger partial charge in [-0.2, -0.15) is 0 Å². The molecule has 0 fully saturated rings. The second-order valence-corrected chi connectivity index (χ2v) is 3.46. The topological polar surface area (TPSA) is 29.1 Å². The molecule has 0 spiro atoms. The molecule has 0 unspecified atom stereocenters. The van der Waals surface area contributed by atoms with Crippen molar-refractivity contribution in [3.63, 3.8) is 0 Å². The van der Waals surface area contributed by atoms with Crippen LogP contribution in [0.5, 0.6) is 0 Å². The van der Waals surface area contributed by atoms with Gasteiger partial charge in [-0.15, -0.1) is 11.6 Å². The van der Waals surface area contributed by atoms with Crippen LogP contribution < -0.4 is 5.32 Å². The summed E-state index contributed by atoms with van der Waals surface area (Å²) in [6.45, 7) is 0. The second-order valence-electron chi connectivity index (χ2n) is 3.15. The van der Waals surface area contributed by atoms with E-state index in [1.165, 1.54) is 0 Å². The molecule has 0 atom stereocenters. The van der Waals surface area contributed by atoms with Gasteiger partial charge in [0.05, 0.1) is 6.42 Å². The maximum absolute atomic E-state index is 11.1. The van der Waals surface area contributed by atoms with Crippen molar-refractivity contribution in [1.82, 2.24) is 5.32 Å². The van der Waals surface area contributed by atoms with E-state index in [2.05, 4.69) is 5.32 Å². The van der Waals surface area contributed by atoms with E-state index in [9.17, 15) is 4.79 Å². The monoisotopic (exact) mass is 223 g/mol. The molecule has 0 saturated carbocycles. The smallest absolute Gasteiger partial charge is 0.224 e. The van der Waals surface area contributed by atoms with Crippen LogP contribution in [0.2, 0.25) is 0 Å². The molecule has 0 heterocycles. The number of nitrogens with one attached hydrogen (secondary N) is 1. The minimum Gasteiger partial charge on any atom is -0.359 e. The van der Waals surface area contributed by atoms with Gasteiger partial charge in [0.15, 0.2) is 0 Å². The van der Waals surface area contributed by atoms with Crippen molar-refractivity contribution >= 4 is 23.6 Å². The maximum Gasteiger partial charge on any atom is 0.224 e. The largest absolute Gasteiger partial charge is 0.359 e. The third-order valence-corrected chi connectivity index (χ3v) is 2.20. The minimum absolute atomic E-state index is 0.0269. The number of carbonyl (C=O) groups is 1. The Morgan fingerprint density at radius 2 is 2.07 bits per heavy atom. The number of halogens is 1. The Morgan fingerprint density at radius 1 is 1.40 bits per heavy atom. The minimum atomic E-state index is 0.0269. The summed E-state index contributed by atoms with van der Waals surface area (Å²) in [6.07, 6.45) is 4.27. The van der Waals surface area contributed by atoms with Crippen molar-refractivity contribution in [1.29, 1.82) is 0 Å². The van der Waals surface area contributed by atoms with Crippen molar-refractivity contribution in [3.8, 4) is 0 Å². The van der Waals surface area contributed by atoms with Crippen LogP contribution in [-0.4, -0.2) is 18.8 Å². The number of hydrogen-bond acceptors (Lipinski definition) is 1. The Kier molecular flexibility index (Phi) is 4.91. The van der Waals surface area contributed by atoms with Gasteiger partial charge in [-0.25, -0.2) is 0 Å². The fourth-order valence-electron chi connectivity index (χ4n) is 1.20. The zero-order valence-electron chi connectivity index (χ0n) is 8.66. The summed E-state index contributed by atoms with van der Waals surface area (Å²) in [4.78, 5) is 11.1. The number of carbonyl (C=O) groups excluding carboxylic acids is 1. The molecule has 1 N–H and O–H groups in total. The molecule has 3 heteroatoms. The summed E-state index contributed by atoms with van der Waals surface area (Å²) in [7, 11) is 1.64. The van der Waals surface area contributed by atoms with E-state index in [1.807, 2.05) is 36.4 Å². The lowest BCUT2D eigenvalue weighted by molar-refractivity contribution is -0.119. The summed E-state index contributed by atoms with van der Waals surface area (Å²) in [6, 6.07) is 7.84. The predicted molar refractivity (Wildman–Crippen MR) is 64.0 cm³/mol. The highest BCUT2D eigenvalue weighted by Gasteiger charge is 1.99. The number of rotatable bonds is 4. The molecule has 2 nitrogen and oxygen atoms in total. The van der Waals surface area contributed by atoms with E-state index in [4.69, 9.17) is 11.6 Å². The summed E-state index contributed by atoms with van der Waals surface area (Å²) < 4.78 is 0. The summed E-state index contributed by atoms with van der Waals surface area (Å²) in [5.74, 6) is 0.541. The zero-order valence-corrected chi connectivity index (χ0v) is 9.42. The molecular weight excluding hydrogens is 210 g/mol. The average Bonchev–Trinajstić information content (AvgIpc) is 2.28. The van der Waals surface area contributed by atoms with Gasteiger partial charge in [-0.05, 0) is 11.1 Å². The van der Waals surface area contributed by atoms with Crippen LogP contribution in [0.15, 0.2) is 30.3 Å². The zero-order chi connectivity index (χ0) is 11.1. The first kappa shape index (κ1) is 11.8. The van der Waals surface area contributed by atoms with Crippen molar-refractivity contribution in [2.45, 2.75) is 6.42 Å². The van der Waals surface area contributed by atoms with Crippen molar-refractivity contribution in [2.24, 2.45) is 0 Å². The molecule has 0 aliphatic heterocycles. The normalized spacial score (nSPS) is 10.5. The summed E-state index contributed by atoms with van der Waals surface area (Å²) >= 11 is 5.53. The van der Waals surface area contributed by atoms with Gasteiger partial charge in [0, 0.05) is 12.9 Å². The molecule has 0 aliphatic carbocycles. The third kappa shape index (κ3) is 4.17. The summed E-state index contributed by atoms with van der Waals surface area (Å²) in [5, 5.41) is 2.59. The maximum atomic E-state index is 11.1. The number of allylic oxidation sites excluding steroid dienone is 1. The van der Waals surface area contributed by atoms with Gasteiger partial charge in [0.2, 0.25) is 5.91 Å². The van der Waals surface area contributed by atoms with E-state index >= 15 is 0 Å². The van der Waals surface area contributed by atoms with Gasteiger partial charge < -0.3 is 5.32 Å². The Labute approximate surface area is 94.9 Å². The lowest BCUT2D eigenvalue weighted by Gasteiger charge is -2.00. The average molecular weight is 224 g/mol. The van der Waals surface area contributed by atoms with Crippen molar-refractivity contribution in [2.75, 3.05) is 12.9 Å². The Morgan fingerprint density at radius 3 is 2.60 bits per heavy atom. The van der Waals surface area contributed by atoms with Crippen LogP contribution >= 0.6 is 11.6 Å². The number of likely N-dealkylation sites (N-methyl/N-ethyl adjacent to an activating group) is 1. The Bertz CT molecular complexity index is 343. The van der Waals surface area contributed by atoms with E-state index < -0.39 is 0 Å². The molecule has 0 radical (unpaired) electrons. The Hall–Kier alpha value is -1.28. The van der Waals surface area contributed by atoms with Crippen LogP contribution in [0.25, 0.3) is 6.08 Å². The first-order valence-corrected chi connectivity index (χ1v) is 5.31. The molecule has 0 aromatic heterocycles. The lowest BCUT2D eigenvalue weighted by Crippen LogP contribution is -2.19. The van der Waals surface area contributed by atoms with E-state index in [0.29, 0.717) is 12.3 Å². The van der Waals surface area contributed by atoms with Crippen molar-refractivity contribution in [3.05, 3.63) is 41.5 Å². The number of benzene rings is 1. The lowest BCUT2D eigenvalue weighted by atomic mass is 10.1. The standard InChI is InChI=1S/C12H14ClNO/c1-14-12(15)9-11-6-4-10(5-7-11)3-2-8-13/h2-7H,8-9H2,1H3,(H,14,15). The molecule has 15 heavy (non-hydrogen) atoms. The molecule has 80 valence electrons. The molecule has 0 aliphatic rings. The van der Waals surface area contributed by atoms with Gasteiger partial charge in [-0.3, -0.25) is 4.79 Å². The van der Waals surface area contributed by atoms with Crippen LogP contribution in [0, 0.1) is 0 Å². The predicted octanol–water partition coefficient (Wildman–Crippen LogP) is 2.23. The number of amides is 1. The quantitative estimate of drug-likeness (QED) is 0.780. The fourth-order valence-corrected chi connectivity index (χ4v) is 1.29. The van der Waals surface area contributed by atoms with E-state index in [1.54, 1.807) is 7.05 Å². The number of alkyl halides is 1. The molecule has 1 amide bonds. The highest BCUT2D eigenvalue weighted by Crippen LogP contribution is 2.07. The summed E-state index contributed by atoms with van der Waals surface area (Å²) in [5.41, 5.74) is 2.11. The molecule has 0 bridgehead atoms. The van der Waals surface area contributed by atoms with Gasteiger partial charge in [0.1, 0.15) is 0 Å². The van der Waals surface area contributed by atoms with Crippen LogP contribution in [-0.2, 0) is 11.2 Å². The van der Waals surface area contributed by atoms with Crippen LogP contribution in [0.4, 0.5) is 0 Å². The third-order valence-electron chi connectivity index (χ3n) is 2.02. The molecule has 1 aromatic carbocycles. The van der Waals surface area contributed by atoms with E-state index in [0.717, 1.165) is 11.1 Å². The molecule has 1 aromatic rings. The molecule has 0 saturated heterocycles. The highest BCUT2D eigenvalue weighted by molar-refractivity contribution is 6.19. The van der Waals surface area contributed by atoms with E-state index in [-0.39, 0.29) is 5.91 Å². The Balaban J connectivity index is 2.64. The van der Waals surface area contributed by atoms with Gasteiger partial charge in [0.25, 0.3) is 0 Å². The first-order chi connectivity index (χ1) is 7.26. The van der Waals surface area contributed by atoms with Crippen LogP contribution in [0.1, 0.15) is 11.1 Å². The highest BCUT2D eigenvalue weighted by atomic mass is 35.5. The first-order valence-electron chi connectivity index (χ1n) is 4.78. The number of hydrogen-bond donors (Lipinski definition) is 1. The second kappa shape index (κ2) is 6.25.